The van der Waals surface area contributed by atoms with Crippen LogP contribution in [0.5, 0.6) is 0 Å². The molecule has 0 bridgehead atoms. The fraction of sp³-hybridized carbons (Fsp3) is 0.231. The number of nitrogens with two attached hydrogens (primary N) is 1. The van der Waals surface area contributed by atoms with Gasteiger partial charge in [-0.15, -0.1) is 0 Å². The molecule has 4 nitrogen and oxygen atoms in total. The lowest BCUT2D eigenvalue weighted by Gasteiger charge is -2.15. The van der Waals surface area contributed by atoms with E-state index in [2.05, 4.69) is 15.3 Å². The third-order valence-corrected chi connectivity index (χ3v) is 2.91. The van der Waals surface area contributed by atoms with Crippen molar-refractivity contribution in [3.63, 3.8) is 0 Å². The number of nitrogens with zero attached hydrogens (tertiary/aromatic N) is 2. The molecule has 1 aromatic heterocycles. The van der Waals surface area contributed by atoms with Crippen molar-refractivity contribution in [2.45, 2.75) is 19.8 Å². The van der Waals surface area contributed by atoms with Crippen LogP contribution in [0.25, 0.3) is 0 Å². The number of benzene rings is 1. The molecule has 0 aliphatic carbocycles. The van der Waals surface area contributed by atoms with Crippen LogP contribution in [0.1, 0.15) is 25.3 Å². The highest BCUT2D eigenvalue weighted by molar-refractivity contribution is 6.30. The Hall–Kier alpha value is -1.88. The summed E-state index contributed by atoms with van der Waals surface area (Å²) in [6.07, 6.45) is 1.34. The van der Waals surface area contributed by atoms with Crippen LogP contribution >= 0.6 is 11.6 Å². The Morgan fingerprint density at radius 1 is 1.32 bits per heavy atom. The van der Waals surface area contributed by atoms with Crippen molar-refractivity contribution in [1.29, 1.82) is 0 Å². The van der Waals surface area contributed by atoms with E-state index in [4.69, 9.17) is 17.3 Å². The fourth-order valence-electron chi connectivity index (χ4n) is 1.80. The molecule has 0 spiro atoms. The summed E-state index contributed by atoms with van der Waals surface area (Å²) in [6, 6.07) is 4.28. The molecule has 0 aliphatic rings. The van der Waals surface area contributed by atoms with Crippen molar-refractivity contribution in [3.05, 3.63) is 40.9 Å². The molecule has 2 aromatic rings. The van der Waals surface area contributed by atoms with Gasteiger partial charge in [0, 0.05) is 10.6 Å². The van der Waals surface area contributed by atoms with Gasteiger partial charge in [-0.1, -0.05) is 25.4 Å². The molecule has 0 amide bonds. The van der Waals surface area contributed by atoms with Crippen LogP contribution in [0.2, 0.25) is 5.02 Å². The Morgan fingerprint density at radius 2 is 2.05 bits per heavy atom. The number of halogens is 2. The normalized spacial score (nSPS) is 10.8. The minimum atomic E-state index is -0.406. The summed E-state index contributed by atoms with van der Waals surface area (Å²) in [7, 11) is 0. The highest BCUT2D eigenvalue weighted by Gasteiger charge is 2.14. The molecule has 0 radical (unpaired) electrons. The molecule has 19 heavy (non-hydrogen) atoms. The molecule has 0 unspecified atom stereocenters. The summed E-state index contributed by atoms with van der Waals surface area (Å²) in [5, 5.41) is 3.35. The van der Waals surface area contributed by atoms with E-state index >= 15 is 0 Å². The topological polar surface area (TPSA) is 63.8 Å². The second-order valence-corrected chi connectivity index (χ2v) is 4.86. The average Bonchev–Trinajstić information content (AvgIpc) is 2.33. The van der Waals surface area contributed by atoms with Crippen LogP contribution in [-0.2, 0) is 0 Å². The molecule has 0 atom stereocenters. The molecule has 0 saturated carbocycles. The van der Waals surface area contributed by atoms with E-state index < -0.39 is 5.82 Å². The van der Waals surface area contributed by atoms with Crippen LogP contribution in [0, 0.1) is 5.82 Å². The standard InChI is InChI=1S/C13H14ClFN4/c1-7(2)11-12(16)17-6-18-13(11)19-10-5-8(14)3-4-9(10)15/h3-7H,1-2H3,(H3,16,17,18,19). The largest absolute Gasteiger partial charge is 0.383 e. The summed E-state index contributed by atoms with van der Waals surface area (Å²) >= 11 is 5.85. The van der Waals surface area contributed by atoms with E-state index in [0.717, 1.165) is 5.56 Å². The molecular formula is C13H14ClFN4. The number of rotatable bonds is 3. The number of nitrogen functional groups attached to an aromatic ring is 1. The van der Waals surface area contributed by atoms with E-state index in [1.165, 1.54) is 24.5 Å². The Labute approximate surface area is 115 Å². The lowest BCUT2D eigenvalue weighted by molar-refractivity contribution is 0.631. The van der Waals surface area contributed by atoms with Gasteiger partial charge >= 0.3 is 0 Å². The van der Waals surface area contributed by atoms with Crippen LogP contribution in [-0.4, -0.2) is 9.97 Å². The lowest BCUT2D eigenvalue weighted by Crippen LogP contribution is -2.07. The van der Waals surface area contributed by atoms with Gasteiger partial charge in [0.25, 0.3) is 0 Å². The maximum absolute atomic E-state index is 13.7. The second kappa shape index (κ2) is 5.40. The predicted molar refractivity (Wildman–Crippen MR) is 75.2 cm³/mol. The van der Waals surface area contributed by atoms with Gasteiger partial charge in [-0.25, -0.2) is 14.4 Å². The summed E-state index contributed by atoms with van der Waals surface area (Å²) in [5.41, 5.74) is 6.84. The third kappa shape index (κ3) is 2.93. The van der Waals surface area contributed by atoms with E-state index in [1.54, 1.807) is 0 Å². The number of nitrogens with one attached hydrogen (secondary N) is 1. The molecule has 2 rings (SSSR count). The molecular weight excluding hydrogens is 267 g/mol. The van der Waals surface area contributed by atoms with Crippen molar-refractivity contribution < 1.29 is 4.39 Å². The molecule has 1 heterocycles. The highest BCUT2D eigenvalue weighted by Crippen LogP contribution is 2.30. The van der Waals surface area contributed by atoms with E-state index in [1.807, 2.05) is 13.8 Å². The molecule has 0 aliphatic heterocycles. The van der Waals surface area contributed by atoms with Gasteiger partial charge < -0.3 is 11.1 Å². The zero-order valence-corrected chi connectivity index (χ0v) is 11.4. The first kappa shape index (κ1) is 13.5. The third-order valence-electron chi connectivity index (χ3n) is 2.67. The first-order chi connectivity index (χ1) is 8.99. The van der Waals surface area contributed by atoms with Gasteiger partial charge in [-0.2, -0.15) is 0 Å². The van der Waals surface area contributed by atoms with Crippen molar-refractivity contribution in [1.82, 2.24) is 9.97 Å². The zero-order valence-electron chi connectivity index (χ0n) is 10.6. The van der Waals surface area contributed by atoms with Gasteiger partial charge in [-0.3, -0.25) is 0 Å². The number of anilines is 3. The summed E-state index contributed by atoms with van der Waals surface area (Å²) in [6.45, 7) is 3.93. The Bertz CT molecular complexity index is 601. The summed E-state index contributed by atoms with van der Waals surface area (Å²) in [5.74, 6) is 0.584. The molecule has 6 heteroatoms. The summed E-state index contributed by atoms with van der Waals surface area (Å²) in [4.78, 5) is 8.06. The van der Waals surface area contributed by atoms with Gasteiger partial charge in [0.2, 0.25) is 0 Å². The summed E-state index contributed by atoms with van der Waals surface area (Å²) < 4.78 is 13.7. The minimum absolute atomic E-state index is 0.117. The first-order valence-corrected chi connectivity index (χ1v) is 6.19. The Morgan fingerprint density at radius 3 is 2.74 bits per heavy atom. The van der Waals surface area contributed by atoms with E-state index in [9.17, 15) is 4.39 Å². The monoisotopic (exact) mass is 280 g/mol. The van der Waals surface area contributed by atoms with E-state index in [-0.39, 0.29) is 11.6 Å². The van der Waals surface area contributed by atoms with Gasteiger partial charge in [0.1, 0.15) is 23.8 Å². The molecule has 0 saturated heterocycles. The molecule has 1 aromatic carbocycles. The lowest BCUT2D eigenvalue weighted by atomic mass is 10.0. The smallest absolute Gasteiger partial charge is 0.146 e. The van der Waals surface area contributed by atoms with Gasteiger partial charge in [0.05, 0.1) is 5.69 Å². The SMILES string of the molecule is CC(C)c1c(N)ncnc1Nc1cc(Cl)ccc1F. The second-order valence-electron chi connectivity index (χ2n) is 4.43. The Kier molecular flexibility index (Phi) is 3.85. The average molecular weight is 281 g/mol. The van der Waals surface area contributed by atoms with Crippen molar-refractivity contribution in [2.24, 2.45) is 0 Å². The van der Waals surface area contributed by atoms with Crippen LogP contribution in [0.3, 0.4) is 0 Å². The van der Waals surface area contributed by atoms with Crippen molar-refractivity contribution in [2.75, 3.05) is 11.1 Å². The van der Waals surface area contributed by atoms with Crippen LogP contribution in [0.15, 0.2) is 24.5 Å². The molecule has 100 valence electrons. The molecule has 3 N–H and O–H groups in total. The number of hydrogen-bond donors (Lipinski definition) is 2. The Balaban J connectivity index is 2.44. The number of aromatic nitrogens is 2. The fourth-order valence-corrected chi connectivity index (χ4v) is 1.97. The van der Waals surface area contributed by atoms with E-state index in [0.29, 0.717) is 16.7 Å². The quantitative estimate of drug-likeness (QED) is 0.899. The van der Waals surface area contributed by atoms with Crippen molar-refractivity contribution >= 4 is 28.9 Å². The zero-order chi connectivity index (χ0) is 14.0. The maximum Gasteiger partial charge on any atom is 0.146 e. The van der Waals surface area contributed by atoms with Crippen LogP contribution < -0.4 is 11.1 Å². The first-order valence-electron chi connectivity index (χ1n) is 5.81. The maximum atomic E-state index is 13.7. The van der Waals surface area contributed by atoms with Gasteiger partial charge in [0.15, 0.2) is 0 Å². The number of hydrogen-bond acceptors (Lipinski definition) is 4. The minimum Gasteiger partial charge on any atom is -0.383 e. The van der Waals surface area contributed by atoms with Gasteiger partial charge in [-0.05, 0) is 24.1 Å². The highest BCUT2D eigenvalue weighted by atomic mass is 35.5. The predicted octanol–water partition coefficient (Wildman–Crippen LogP) is 3.72. The van der Waals surface area contributed by atoms with Crippen LogP contribution in [0.4, 0.5) is 21.7 Å². The molecule has 0 fully saturated rings. The van der Waals surface area contributed by atoms with Crippen molar-refractivity contribution in [3.8, 4) is 0 Å².